The lowest BCUT2D eigenvalue weighted by molar-refractivity contribution is 1.34. The normalized spacial score (nSPS) is 11.2. The molecule has 0 aliphatic carbocycles. The van der Waals surface area contributed by atoms with Crippen LogP contribution in [-0.2, 0) is 0 Å². The summed E-state index contributed by atoms with van der Waals surface area (Å²) in [6.45, 7) is 0. The number of fused-ring (bicyclic) bond motifs is 2. The van der Waals surface area contributed by atoms with Crippen LogP contribution in [0.25, 0.3) is 21.8 Å². The predicted octanol–water partition coefficient (Wildman–Crippen LogP) is 3.37. The molecule has 0 atom stereocenters. The van der Waals surface area contributed by atoms with Crippen LogP contribution in [0.3, 0.4) is 0 Å². The number of nitrogens with zero attached hydrogens (tertiary/aromatic N) is 1. The summed E-state index contributed by atoms with van der Waals surface area (Å²) in [7, 11) is 0. The predicted molar refractivity (Wildman–Crippen MR) is 58.6 cm³/mol. The Bertz CT molecular complexity index is 560. The molecule has 3 aromatic rings. The van der Waals surface area contributed by atoms with E-state index in [2.05, 4.69) is 28.2 Å². The minimum absolute atomic E-state index is 0.440. The second-order valence-electron chi connectivity index (χ2n) is 3.24. The van der Waals surface area contributed by atoms with Gasteiger partial charge < -0.3 is 4.98 Å². The van der Waals surface area contributed by atoms with Gasteiger partial charge in [-0.2, -0.15) is 0 Å². The lowest BCUT2D eigenvalue weighted by Gasteiger charge is -1.95. The molecule has 3 heteroatoms. The van der Waals surface area contributed by atoms with Crippen molar-refractivity contribution in [2.45, 2.75) is 0 Å². The Morgan fingerprint density at radius 3 is 2.57 bits per heavy atom. The van der Waals surface area contributed by atoms with Gasteiger partial charge in [-0.15, -0.1) is 0 Å². The van der Waals surface area contributed by atoms with Crippen molar-refractivity contribution in [3.63, 3.8) is 0 Å². The number of nitrogens with one attached hydrogen (secondary N) is 1. The van der Waals surface area contributed by atoms with E-state index in [1.54, 1.807) is 0 Å². The Morgan fingerprint density at radius 1 is 1.07 bits per heavy atom. The summed E-state index contributed by atoms with van der Waals surface area (Å²) in [6.07, 6.45) is 0. The molecule has 1 N–H and O–H groups in total. The molecular weight excluding hydrogens is 196 g/mol. The van der Waals surface area contributed by atoms with Crippen LogP contribution in [0.2, 0.25) is 5.28 Å². The summed E-state index contributed by atoms with van der Waals surface area (Å²) in [4.78, 5) is 7.18. The standard InChI is InChI=1S/C11H7ClN2/c12-11-13-9-5-7-3-1-2-4-8(7)6-10(9)14-11/h1-6H,(H,13,14). The Kier molecular flexibility index (Phi) is 1.52. The van der Waals surface area contributed by atoms with Crippen molar-refractivity contribution < 1.29 is 0 Å². The topological polar surface area (TPSA) is 28.7 Å². The Balaban J connectivity index is 2.51. The number of benzene rings is 2. The zero-order chi connectivity index (χ0) is 9.54. The second kappa shape index (κ2) is 2.72. The van der Waals surface area contributed by atoms with Crippen LogP contribution in [0, 0.1) is 0 Å². The molecule has 2 nitrogen and oxygen atoms in total. The monoisotopic (exact) mass is 202 g/mol. The van der Waals surface area contributed by atoms with E-state index in [1.165, 1.54) is 10.8 Å². The Hall–Kier alpha value is -1.54. The van der Waals surface area contributed by atoms with Gasteiger partial charge in [-0.05, 0) is 34.5 Å². The summed E-state index contributed by atoms with van der Waals surface area (Å²) in [5.41, 5.74) is 1.89. The third-order valence-corrected chi connectivity index (χ3v) is 2.50. The number of halogens is 1. The Morgan fingerprint density at radius 2 is 1.79 bits per heavy atom. The largest absolute Gasteiger partial charge is 0.329 e. The van der Waals surface area contributed by atoms with Gasteiger partial charge in [0.1, 0.15) is 0 Å². The molecule has 14 heavy (non-hydrogen) atoms. The summed E-state index contributed by atoms with van der Waals surface area (Å²) in [5, 5.41) is 2.82. The molecule has 0 unspecified atom stereocenters. The fourth-order valence-corrected chi connectivity index (χ4v) is 1.86. The molecule has 68 valence electrons. The number of hydrogen-bond donors (Lipinski definition) is 1. The van der Waals surface area contributed by atoms with Gasteiger partial charge in [-0.25, -0.2) is 4.98 Å². The minimum atomic E-state index is 0.440. The van der Waals surface area contributed by atoms with E-state index in [4.69, 9.17) is 11.6 Å². The zero-order valence-electron chi connectivity index (χ0n) is 7.29. The quantitative estimate of drug-likeness (QED) is 0.595. The van der Waals surface area contributed by atoms with Crippen molar-refractivity contribution in [1.29, 1.82) is 0 Å². The molecular formula is C11H7ClN2. The molecule has 0 aliphatic heterocycles. The molecule has 0 amide bonds. The Labute approximate surface area is 85.5 Å². The first-order valence-electron chi connectivity index (χ1n) is 4.37. The molecule has 0 saturated heterocycles. The van der Waals surface area contributed by atoms with Crippen molar-refractivity contribution in [2.75, 3.05) is 0 Å². The fraction of sp³-hybridized carbons (Fsp3) is 0. The van der Waals surface area contributed by atoms with Gasteiger partial charge in [-0.1, -0.05) is 24.3 Å². The van der Waals surface area contributed by atoms with Gasteiger partial charge in [0.2, 0.25) is 5.28 Å². The first-order chi connectivity index (χ1) is 6.83. The lowest BCUT2D eigenvalue weighted by Crippen LogP contribution is -1.73. The van der Waals surface area contributed by atoms with Crippen LogP contribution < -0.4 is 0 Å². The molecule has 0 radical (unpaired) electrons. The molecule has 0 bridgehead atoms. The molecule has 3 rings (SSSR count). The van der Waals surface area contributed by atoms with Crippen LogP contribution in [0.15, 0.2) is 36.4 Å². The van der Waals surface area contributed by atoms with Crippen LogP contribution >= 0.6 is 11.6 Å². The first kappa shape index (κ1) is 7.83. The van der Waals surface area contributed by atoms with E-state index >= 15 is 0 Å². The van der Waals surface area contributed by atoms with Gasteiger partial charge in [0, 0.05) is 0 Å². The van der Waals surface area contributed by atoms with E-state index < -0.39 is 0 Å². The van der Waals surface area contributed by atoms with Gasteiger partial charge in [0.15, 0.2) is 0 Å². The molecule has 0 fully saturated rings. The van der Waals surface area contributed by atoms with Crippen LogP contribution in [0.4, 0.5) is 0 Å². The van der Waals surface area contributed by atoms with Crippen LogP contribution in [0.1, 0.15) is 0 Å². The number of aromatic nitrogens is 2. The molecule has 0 spiro atoms. The number of rotatable bonds is 0. The third kappa shape index (κ3) is 1.08. The van der Waals surface area contributed by atoms with E-state index in [1.807, 2.05) is 18.2 Å². The number of imidazole rings is 1. The fourth-order valence-electron chi connectivity index (χ4n) is 1.67. The highest BCUT2D eigenvalue weighted by molar-refractivity contribution is 6.29. The number of aromatic amines is 1. The number of H-pyrrole nitrogens is 1. The average Bonchev–Trinajstić information content (AvgIpc) is 2.53. The van der Waals surface area contributed by atoms with Crippen LogP contribution in [-0.4, -0.2) is 9.97 Å². The third-order valence-electron chi connectivity index (χ3n) is 2.32. The van der Waals surface area contributed by atoms with Gasteiger partial charge in [-0.3, -0.25) is 0 Å². The second-order valence-corrected chi connectivity index (χ2v) is 3.60. The van der Waals surface area contributed by atoms with E-state index in [-0.39, 0.29) is 0 Å². The first-order valence-corrected chi connectivity index (χ1v) is 4.75. The maximum atomic E-state index is 5.79. The van der Waals surface area contributed by atoms with Crippen molar-refractivity contribution in [1.82, 2.24) is 9.97 Å². The lowest BCUT2D eigenvalue weighted by atomic mass is 10.1. The summed E-state index contributed by atoms with van der Waals surface area (Å²) >= 11 is 5.79. The average molecular weight is 203 g/mol. The van der Waals surface area contributed by atoms with Crippen LogP contribution in [0.5, 0.6) is 0 Å². The van der Waals surface area contributed by atoms with E-state index in [0.717, 1.165) is 11.0 Å². The van der Waals surface area contributed by atoms with Crippen molar-refractivity contribution in [3.8, 4) is 0 Å². The minimum Gasteiger partial charge on any atom is -0.329 e. The van der Waals surface area contributed by atoms with Gasteiger partial charge in [0.25, 0.3) is 0 Å². The molecule has 1 heterocycles. The van der Waals surface area contributed by atoms with Crippen molar-refractivity contribution in [3.05, 3.63) is 41.7 Å². The maximum absolute atomic E-state index is 5.79. The highest BCUT2D eigenvalue weighted by Crippen LogP contribution is 2.21. The van der Waals surface area contributed by atoms with Gasteiger partial charge in [0.05, 0.1) is 11.0 Å². The smallest absolute Gasteiger partial charge is 0.201 e. The molecule has 1 aromatic heterocycles. The van der Waals surface area contributed by atoms with Crippen molar-refractivity contribution >= 4 is 33.4 Å². The van der Waals surface area contributed by atoms with E-state index in [0.29, 0.717) is 5.28 Å². The maximum Gasteiger partial charge on any atom is 0.201 e. The highest BCUT2D eigenvalue weighted by Gasteiger charge is 2.01. The highest BCUT2D eigenvalue weighted by atomic mass is 35.5. The molecule has 0 aliphatic rings. The summed E-state index contributed by atoms with van der Waals surface area (Å²) in [6, 6.07) is 12.3. The molecule has 0 saturated carbocycles. The van der Waals surface area contributed by atoms with E-state index in [9.17, 15) is 0 Å². The zero-order valence-corrected chi connectivity index (χ0v) is 8.05. The summed E-state index contributed by atoms with van der Waals surface area (Å²) < 4.78 is 0. The number of hydrogen-bond acceptors (Lipinski definition) is 1. The summed E-state index contributed by atoms with van der Waals surface area (Å²) in [5.74, 6) is 0. The van der Waals surface area contributed by atoms with Crippen molar-refractivity contribution in [2.24, 2.45) is 0 Å². The SMILES string of the molecule is Clc1nc2cc3ccccc3cc2[nH]1. The van der Waals surface area contributed by atoms with Gasteiger partial charge >= 0.3 is 0 Å². The molecule has 2 aromatic carbocycles.